The minimum absolute atomic E-state index is 0.0156. The molecule has 2 amide bonds. The Kier molecular flexibility index (Phi) is 8.11. The van der Waals surface area contributed by atoms with Gasteiger partial charge in [0.1, 0.15) is 0 Å². The highest BCUT2D eigenvalue weighted by molar-refractivity contribution is 5.95. The van der Waals surface area contributed by atoms with E-state index < -0.39 is 0 Å². The standard InChI is InChI=1S/C23H35N5O2/c1-27(2)22(30)17-26-23(24-15-18-7-4-3-5-8-18)25-16-19-10-12-20(13-11-19)28-14-6-9-21(28)29/h10-13,18H,3-9,14-17H2,1-2H3,(H2,24,25,26). The van der Waals surface area contributed by atoms with E-state index in [2.05, 4.69) is 10.6 Å². The first-order chi connectivity index (χ1) is 14.5. The van der Waals surface area contributed by atoms with E-state index in [-0.39, 0.29) is 18.4 Å². The molecule has 0 unspecified atom stereocenters. The van der Waals surface area contributed by atoms with Gasteiger partial charge in [0.25, 0.3) is 0 Å². The SMILES string of the molecule is CN(C)C(=O)CNC(=NCc1ccc(N2CCCC2=O)cc1)NCC1CCCCC1. The van der Waals surface area contributed by atoms with Crippen molar-refractivity contribution in [2.75, 3.05) is 38.6 Å². The van der Waals surface area contributed by atoms with E-state index in [0.717, 1.165) is 30.8 Å². The van der Waals surface area contributed by atoms with Gasteiger partial charge in [0.15, 0.2) is 5.96 Å². The molecule has 3 rings (SSSR count). The van der Waals surface area contributed by atoms with Crippen molar-refractivity contribution in [2.45, 2.75) is 51.5 Å². The second kappa shape index (κ2) is 11.0. The molecule has 0 spiro atoms. The predicted octanol–water partition coefficient (Wildman–Crippen LogP) is 2.52. The molecule has 1 aliphatic carbocycles. The summed E-state index contributed by atoms with van der Waals surface area (Å²) in [6.07, 6.45) is 8.03. The van der Waals surface area contributed by atoms with E-state index in [1.807, 2.05) is 29.2 Å². The van der Waals surface area contributed by atoms with Crippen LogP contribution >= 0.6 is 0 Å². The summed E-state index contributed by atoms with van der Waals surface area (Å²) < 4.78 is 0. The third-order valence-electron chi connectivity index (χ3n) is 5.93. The summed E-state index contributed by atoms with van der Waals surface area (Å²) in [5, 5.41) is 6.60. The first-order valence-corrected chi connectivity index (χ1v) is 11.1. The third-order valence-corrected chi connectivity index (χ3v) is 5.93. The zero-order valence-corrected chi connectivity index (χ0v) is 18.3. The summed E-state index contributed by atoms with van der Waals surface area (Å²) >= 11 is 0. The van der Waals surface area contributed by atoms with Crippen LogP contribution in [0.5, 0.6) is 0 Å². The van der Waals surface area contributed by atoms with Gasteiger partial charge in [-0.15, -0.1) is 0 Å². The molecule has 1 saturated heterocycles. The Balaban J connectivity index is 1.59. The normalized spacial score (nSPS) is 17.9. The molecule has 164 valence electrons. The van der Waals surface area contributed by atoms with Crippen LogP contribution in [0.2, 0.25) is 0 Å². The minimum Gasteiger partial charge on any atom is -0.356 e. The molecular weight excluding hydrogens is 378 g/mol. The summed E-state index contributed by atoms with van der Waals surface area (Å²) in [4.78, 5) is 32.0. The van der Waals surface area contributed by atoms with Crippen LogP contribution in [0, 0.1) is 5.92 Å². The topological polar surface area (TPSA) is 77.0 Å². The smallest absolute Gasteiger partial charge is 0.241 e. The van der Waals surface area contributed by atoms with Gasteiger partial charge in [0, 0.05) is 39.3 Å². The van der Waals surface area contributed by atoms with Crippen molar-refractivity contribution < 1.29 is 9.59 Å². The van der Waals surface area contributed by atoms with Crippen LogP contribution in [0.1, 0.15) is 50.5 Å². The molecule has 0 atom stereocenters. The fraction of sp³-hybridized carbons (Fsp3) is 0.609. The highest BCUT2D eigenvalue weighted by Gasteiger charge is 2.21. The van der Waals surface area contributed by atoms with Gasteiger partial charge in [-0.2, -0.15) is 0 Å². The Morgan fingerprint density at radius 2 is 1.83 bits per heavy atom. The van der Waals surface area contributed by atoms with Gasteiger partial charge in [0.2, 0.25) is 11.8 Å². The highest BCUT2D eigenvalue weighted by Crippen LogP contribution is 2.23. The van der Waals surface area contributed by atoms with Gasteiger partial charge < -0.3 is 20.4 Å². The van der Waals surface area contributed by atoms with E-state index in [0.29, 0.717) is 24.8 Å². The number of nitrogens with zero attached hydrogens (tertiary/aromatic N) is 3. The number of guanidine groups is 1. The van der Waals surface area contributed by atoms with Crippen molar-refractivity contribution in [1.82, 2.24) is 15.5 Å². The van der Waals surface area contributed by atoms with Crippen LogP contribution < -0.4 is 15.5 Å². The number of carbonyl (C=O) groups is 2. The second-order valence-corrected chi connectivity index (χ2v) is 8.51. The van der Waals surface area contributed by atoms with Crippen LogP contribution in [-0.2, 0) is 16.1 Å². The van der Waals surface area contributed by atoms with Crippen molar-refractivity contribution in [3.05, 3.63) is 29.8 Å². The molecule has 2 fully saturated rings. The molecule has 1 saturated carbocycles. The number of nitrogens with one attached hydrogen (secondary N) is 2. The largest absolute Gasteiger partial charge is 0.356 e. The maximum absolute atomic E-state index is 12.0. The van der Waals surface area contributed by atoms with Crippen LogP contribution in [0.25, 0.3) is 0 Å². The average Bonchev–Trinajstić information content (AvgIpc) is 3.19. The van der Waals surface area contributed by atoms with Gasteiger partial charge in [-0.1, -0.05) is 31.4 Å². The molecule has 2 aliphatic rings. The van der Waals surface area contributed by atoms with E-state index >= 15 is 0 Å². The second-order valence-electron chi connectivity index (χ2n) is 8.51. The number of benzene rings is 1. The predicted molar refractivity (Wildman–Crippen MR) is 120 cm³/mol. The molecule has 1 heterocycles. The Labute approximate surface area is 179 Å². The quantitative estimate of drug-likeness (QED) is 0.532. The lowest BCUT2D eigenvalue weighted by Gasteiger charge is -2.23. The maximum atomic E-state index is 12.0. The fourth-order valence-electron chi connectivity index (χ4n) is 4.00. The molecule has 2 N–H and O–H groups in total. The number of aliphatic imine (C=N–C) groups is 1. The van der Waals surface area contributed by atoms with Crippen molar-refractivity contribution in [2.24, 2.45) is 10.9 Å². The number of rotatable bonds is 7. The zero-order chi connectivity index (χ0) is 21.3. The molecule has 7 heteroatoms. The number of hydrogen-bond donors (Lipinski definition) is 2. The lowest BCUT2D eigenvalue weighted by atomic mass is 9.89. The van der Waals surface area contributed by atoms with Crippen molar-refractivity contribution >= 4 is 23.5 Å². The van der Waals surface area contributed by atoms with Crippen molar-refractivity contribution in [1.29, 1.82) is 0 Å². The number of anilines is 1. The summed E-state index contributed by atoms with van der Waals surface area (Å²) in [7, 11) is 3.51. The van der Waals surface area contributed by atoms with Gasteiger partial charge >= 0.3 is 0 Å². The lowest BCUT2D eigenvalue weighted by molar-refractivity contribution is -0.127. The molecule has 1 aromatic rings. The maximum Gasteiger partial charge on any atom is 0.241 e. The summed E-state index contributed by atoms with van der Waals surface area (Å²) in [5.41, 5.74) is 2.03. The lowest BCUT2D eigenvalue weighted by Crippen LogP contribution is -2.44. The van der Waals surface area contributed by atoms with Gasteiger partial charge in [-0.05, 0) is 42.9 Å². The number of hydrogen-bond acceptors (Lipinski definition) is 3. The highest BCUT2D eigenvalue weighted by atomic mass is 16.2. The molecule has 0 aromatic heterocycles. The van der Waals surface area contributed by atoms with Gasteiger partial charge in [-0.25, -0.2) is 4.99 Å². The summed E-state index contributed by atoms with van der Waals surface area (Å²) in [5.74, 6) is 1.56. The van der Waals surface area contributed by atoms with Gasteiger partial charge in [0.05, 0.1) is 13.1 Å². The Bertz CT molecular complexity index is 738. The van der Waals surface area contributed by atoms with E-state index in [1.165, 1.54) is 32.1 Å². The third kappa shape index (κ3) is 6.47. The molecule has 0 bridgehead atoms. The number of amides is 2. The first kappa shape index (κ1) is 22.1. The number of carbonyl (C=O) groups excluding carboxylic acids is 2. The minimum atomic E-state index is 0.0156. The van der Waals surface area contributed by atoms with E-state index in [9.17, 15) is 9.59 Å². The first-order valence-electron chi connectivity index (χ1n) is 11.1. The fourth-order valence-corrected chi connectivity index (χ4v) is 4.00. The van der Waals surface area contributed by atoms with Crippen LogP contribution in [0.3, 0.4) is 0 Å². The monoisotopic (exact) mass is 413 g/mol. The van der Waals surface area contributed by atoms with E-state index in [1.54, 1.807) is 19.0 Å². The van der Waals surface area contributed by atoms with Crippen LogP contribution in [0.15, 0.2) is 29.3 Å². The Morgan fingerprint density at radius 1 is 1.10 bits per heavy atom. The Hall–Kier alpha value is -2.57. The molecule has 1 aliphatic heterocycles. The van der Waals surface area contributed by atoms with Crippen molar-refractivity contribution in [3.8, 4) is 0 Å². The summed E-state index contributed by atoms with van der Waals surface area (Å²) in [6, 6.07) is 8.03. The van der Waals surface area contributed by atoms with E-state index in [4.69, 9.17) is 4.99 Å². The molecule has 7 nitrogen and oxygen atoms in total. The molecule has 1 aromatic carbocycles. The zero-order valence-electron chi connectivity index (χ0n) is 18.3. The van der Waals surface area contributed by atoms with Gasteiger partial charge in [-0.3, -0.25) is 9.59 Å². The van der Waals surface area contributed by atoms with Crippen LogP contribution in [0.4, 0.5) is 5.69 Å². The van der Waals surface area contributed by atoms with Crippen LogP contribution in [-0.4, -0.2) is 56.4 Å². The van der Waals surface area contributed by atoms with Crippen molar-refractivity contribution in [3.63, 3.8) is 0 Å². The molecular formula is C23H35N5O2. The Morgan fingerprint density at radius 3 is 2.47 bits per heavy atom. The molecule has 30 heavy (non-hydrogen) atoms. The summed E-state index contributed by atoms with van der Waals surface area (Å²) in [6.45, 7) is 2.43. The number of likely N-dealkylation sites (N-methyl/N-ethyl adjacent to an activating group) is 1. The molecule has 0 radical (unpaired) electrons. The average molecular weight is 414 g/mol.